The summed E-state index contributed by atoms with van der Waals surface area (Å²) >= 11 is 0. The second-order valence-corrected chi connectivity index (χ2v) is 5.36. The standard InChI is InChI=1S/C17H19N3O/c1-10-8-14(12(3)21-10)11(2)20-17-5-4-16(18)13-6-7-19-9-15(13)17/h4-9,11,20H,18H2,1-3H3. The highest BCUT2D eigenvalue weighted by Gasteiger charge is 2.14. The third-order valence-electron chi connectivity index (χ3n) is 3.77. The molecule has 0 saturated carbocycles. The Morgan fingerprint density at radius 3 is 2.71 bits per heavy atom. The zero-order valence-corrected chi connectivity index (χ0v) is 12.5. The van der Waals surface area contributed by atoms with Gasteiger partial charge in [-0.15, -0.1) is 0 Å². The molecule has 1 atom stereocenters. The minimum atomic E-state index is 0.148. The Bertz CT molecular complexity index is 792. The van der Waals surface area contributed by atoms with Gasteiger partial charge >= 0.3 is 0 Å². The molecule has 3 aromatic rings. The fourth-order valence-electron chi connectivity index (χ4n) is 2.73. The van der Waals surface area contributed by atoms with Crippen LogP contribution in [0.25, 0.3) is 10.8 Å². The van der Waals surface area contributed by atoms with E-state index in [2.05, 4.69) is 23.3 Å². The molecule has 0 spiro atoms. The van der Waals surface area contributed by atoms with Gasteiger partial charge in [-0.3, -0.25) is 4.98 Å². The van der Waals surface area contributed by atoms with E-state index in [1.807, 2.05) is 38.2 Å². The Kier molecular flexibility index (Phi) is 3.29. The highest BCUT2D eigenvalue weighted by Crippen LogP contribution is 2.31. The summed E-state index contributed by atoms with van der Waals surface area (Å²) in [6, 6.07) is 8.08. The van der Waals surface area contributed by atoms with Gasteiger partial charge in [0.2, 0.25) is 0 Å². The molecule has 1 unspecified atom stereocenters. The van der Waals surface area contributed by atoms with Crippen molar-refractivity contribution in [2.24, 2.45) is 0 Å². The number of pyridine rings is 1. The van der Waals surface area contributed by atoms with E-state index in [-0.39, 0.29) is 6.04 Å². The molecule has 0 aliphatic carbocycles. The largest absolute Gasteiger partial charge is 0.466 e. The topological polar surface area (TPSA) is 64.1 Å². The normalized spacial score (nSPS) is 12.5. The number of benzene rings is 1. The number of nitrogens with two attached hydrogens (primary N) is 1. The van der Waals surface area contributed by atoms with E-state index in [0.717, 1.165) is 33.7 Å². The van der Waals surface area contributed by atoms with Crippen LogP contribution in [0.1, 0.15) is 30.0 Å². The molecule has 4 nitrogen and oxygen atoms in total. The molecule has 0 aliphatic heterocycles. The number of furan rings is 1. The summed E-state index contributed by atoms with van der Waals surface area (Å²) in [5, 5.41) is 5.57. The summed E-state index contributed by atoms with van der Waals surface area (Å²) in [7, 11) is 0. The van der Waals surface area contributed by atoms with Crippen molar-refractivity contribution in [1.82, 2.24) is 4.98 Å². The number of fused-ring (bicyclic) bond motifs is 1. The van der Waals surface area contributed by atoms with Gasteiger partial charge in [-0.2, -0.15) is 0 Å². The molecule has 2 aromatic heterocycles. The Labute approximate surface area is 124 Å². The van der Waals surface area contributed by atoms with Crippen LogP contribution < -0.4 is 11.1 Å². The molecule has 21 heavy (non-hydrogen) atoms. The minimum Gasteiger partial charge on any atom is -0.466 e. The molecule has 3 rings (SSSR count). The first-order chi connectivity index (χ1) is 10.1. The van der Waals surface area contributed by atoms with E-state index in [9.17, 15) is 0 Å². The summed E-state index contributed by atoms with van der Waals surface area (Å²) in [6.45, 7) is 6.07. The molecule has 0 radical (unpaired) electrons. The van der Waals surface area contributed by atoms with Gasteiger partial charge in [0, 0.05) is 40.1 Å². The van der Waals surface area contributed by atoms with Crippen LogP contribution in [0.5, 0.6) is 0 Å². The second kappa shape index (κ2) is 5.13. The summed E-state index contributed by atoms with van der Waals surface area (Å²) in [6.07, 6.45) is 3.60. The van der Waals surface area contributed by atoms with Crippen molar-refractivity contribution in [3.63, 3.8) is 0 Å². The van der Waals surface area contributed by atoms with Crippen molar-refractivity contribution >= 4 is 22.1 Å². The average Bonchev–Trinajstić information content (AvgIpc) is 2.81. The number of anilines is 2. The first-order valence-corrected chi connectivity index (χ1v) is 7.02. The van der Waals surface area contributed by atoms with E-state index in [1.54, 1.807) is 6.20 Å². The minimum absolute atomic E-state index is 0.148. The van der Waals surface area contributed by atoms with Crippen molar-refractivity contribution in [2.45, 2.75) is 26.8 Å². The lowest BCUT2D eigenvalue weighted by Gasteiger charge is -2.17. The lowest BCUT2D eigenvalue weighted by molar-refractivity contribution is 0.500. The second-order valence-electron chi connectivity index (χ2n) is 5.36. The van der Waals surface area contributed by atoms with Gasteiger partial charge in [0.15, 0.2) is 0 Å². The van der Waals surface area contributed by atoms with Crippen molar-refractivity contribution in [3.8, 4) is 0 Å². The maximum absolute atomic E-state index is 6.02. The molecule has 0 saturated heterocycles. The summed E-state index contributed by atoms with van der Waals surface area (Å²) in [5.74, 6) is 1.88. The SMILES string of the molecule is Cc1cc(C(C)Nc2ccc(N)c3ccncc23)c(C)o1. The van der Waals surface area contributed by atoms with Gasteiger partial charge in [-0.05, 0) is 45.0 Å². The number of hydrogen-bond acceptors (Lipinski definition) is 4. The van der Waals surface area contributed by atoms with Gasteiger partial charge in [0.25, 0.3) is 0 Å². The van der Waals surface area contributed by atoms with Crippen molar-refractivity contribution in [3.05, 3.63) is 53.7 Å². The maximum Gasteiger partial charge on any atom is 0.106 e. The van der Waals surface area contributed by atoms with Crippen molar-refractivity contribution < 1.29 is 4.42 Å². The number of aryl methyl sites for hydroxylation is 2. The van der Waals surface area contributed by atoms with Crippen LogP contribution in [0.3, 0.4) is 0 Å². The molecule has 0 fully saturated rings. The van der Waals surface area contributed by atoms with Crippen molar-refractivity contribution in [1.29, 1.82) is 0 Å². The smallest absolute Gasteiger partial charge is 0.106 e. The predicted molar refractivity (Wildman–Crippen MR) is 86.4 cm³/mol. The first-order valence-electron chi connectivity index (χ1n) is 7.02. The number of nitrogens with one attached hydrogen (secondary N) is 1. The average molecular weight is 281 g/mol. The zero-order chi connectivity index (χ0) is 15.0. The van der Waals surface area contributed by atoms with Crippen LogP contribution in [-0.4, -0.2) is 4.98 Å². The molecule has 0 amide bonds. The van der Waals surface area contributed by atoms with E-state index in [0.29, 0.717) is 0 Å². The first kappa shape index (κ1) is 13.5. The molecule has 2 heterocycles. The van der Waals surface area contributed by atoms with Crippen LogP contribution in [0.15, 0.2) is 41.1 Å². The third kappa shape index (κ3) is 2.44. The lowest BCUT2D eigenvalue weighted by atomic mass is 10.1. The van der Waals surface area contributed by atoms with Gasteiger partial charge in [-0.1, -0.05) is 0 Å². The molecule has 3 N–H and O–H groups in total. The number of hydrogen-bond donors (Lipinski definition) is 2. The van der Waals surface area contributed by atoms with E-state index in [4.69, 9.17) is 10.2 Å². The van der Waals surface area contributed by atoms with Crippen LogP contribution in [0.2, 0.25) is 0 Å². The molecule has 0 bridgehead atoms. The highest BCUT2D eigenvalue weighted by atomic mass is 16.3. The Morgan fingerprint density at radius 2 is 2.00 bits per heavy atom. The summed E-state index contributed by atoms with van der Waals surface area (Å²) < 4.78 is 5.61. The zero-order valence-electron chi connectivity index (χ0n) is 12.5. The highest BCUT2D eigenvalue weighted by molar-refractivity contribution is 6.00. The third-order valence-corrected chi connectivity index (χ3v) is 3.77. The number of nitrogens with zero attached hydrogens (tertiary/aromatic N) is 1. The van der Waals surface area contributed by atoms with Gasteiger partial charge in [0.05, 0.1) is 6.04 Å². The molecule has 1 aromatic carbocycles. The predicted octanol–water partition coefficient (Wildman–Crippen LogP) is 4.20. The molecular formula is C17H19N3O. The van der Waals surface area contributed by atoms with E-state index >= 15 is 0 Å². The van der Waals surface area contributed by atoms with Crippen LogP contribution in [0, 0.1) is 13.8 Å². The van der Waals surface area contributed by atoms with Gasteiger partial charge < -0.3 is 15.5 Å². The lowest BCUT2D eigenvalue weighted by Crippen LogP contribution is -2.07. The van der Waals surface area contributed by atoms with Gasteiger partial charge in [0.1, 0.15) is 11.5 Å². The van der Waals surface area contributed by atoms with Crippen molar-refractivity contribution in [2.75, 3.05) is 11.1 Å². The maximum atomic E-state index is 6.02. The monoisotopic (exact) mass is 281 g/mol. The number of rotatable bonds is 3. The Morgan fingerprint density at radius 1 is 1.19 bits per heavy atom. The van der Waals surface area contributed by atoms with E-state index in [1.165, 1.54) is 5.56 Å². The number of aromatic nitrogens is 1. The molecule has 4 heteroatoms. The Balaban J connectivity index is 1.99. The molecule has 0 aliphatic rings. The summed E-state index contributed by atoms with van der Waals surface area (Å²) in [4.78, 5) is 4.20. The molecular weight excluding hydrogens is 262 g/mol. The fraction of sp³-hybridized carbons (Fsp3) is 0.235. The van der Waals surface area contributed by atoms with Crippen LogP contribution in [-0.2, 0) is 0 Å². The molecule has 108 valence electrons. The Hall–Kier alpha value is -2.49. The number of nitrogen functional groups attached to an aromatic ring is 1. The van der Waals surface area contributed by atoms with E-state index < -0.39 is 0 Å². The van der Waals surface area contributed by atoms with Crippen LogP contribution in [0.4, 0.5) is 11.4 Å². The van der Waals surface area contributed by atoms with Crippen LogP contribution >= 0.6 is 0 Å². The summed E-state index contributed by atoms with van der Waals surface area (Å²) in [5.41, 5.74) is 8.98. The fourth-order valence-corrected chi connectivity index (χ4v) is 2.73. The van der Waals surface area contributed by atoms with Gasteiger partial charge in [-0.25, -0.2) is 0 Å². The quantitative estimate of drug-likeness (QED) is 0.706.